The third-order valence-electron chi connectivity index (χ3n) is 1.63. The van der Waals surface area contributed by atoms with Gasteiger partial charge in [-0.1, -0.05) is 0 Å². The van der Waals surface area contributed by atoms with Crippen molar-refractivity contribution in [1.82, 2.24) is 4.98 Å². The molecule has 1 aromatic rings. The number of aryl methyl sites for hydroxylation is 1. The van der Waals surface area contributed by atoms with Crippen LogP contribution in [0.2, 0.25) is 0 Å². The molecule has 0 bridgehead atoms. The van der Waals surface area contributed by atoms with Crippen molar-refractivity contribution in [2.75, 3.05) is 0 Å². The Labute approximate surface area is 69.4 Å². The number of alkyl halides is 2. The molecule has 0 aromatic carbocycles. The number of hydrogen-bond acceptors (Lipinski definition) is 2. The highest BCUT2D eigenvalue weighted by Crippen LogP contribution is 2.20. The molecule has 0 saturated heterocycles. The zero-order valence-corrected chi connectivity index (χ0v) is 6.72. The fourth-order valence-electron chi connectivity index (χ4n) is 0.968. The van der Waals surface area contributed by atoms with Gasteiger partial charge in [0, 0.05) is 17.8 Å². The minimum atomic E-state index is -2.45. The maximum Gasteiger partial charge on any atom is 0.265 e. The van der Waals surface area contributed by atoms with Crippen molar-refractivity contribution < 1.29 is 8.78 Å². The van der Waals surface area contributed by atoms with E-state index >= 15 is 0 Å². The normalized spacial score (nSPS) is 10.8. The van der Waals surface area contributed by atoms with E-state index in [1.807, 2.05) is 0 Å². The summed E-state index contributed by atoms with van der Waals surface area (Å²) in [6.07, 6.45) is -2.45. The van der Waals surface area contributed by atoms with Crippen LogP contribution in [0.5, 0.6) is 0 Å². The van der Waals surface area contributed by atoms with Crippen molar-refractivity contribution in [3.05, 3.63) is 29.1 Å². The molecule has 0 aliphatic heterocycles. The van der Waals surface area contributed by atoms with Crippen LogP contribution in [0, 0.1) is 6.92 Å². The Morgan fingerprint density at radius 3 is 2.58 bits per heavy atom. The highest BCUT2D eigenvalue weighted by molar-refractivity contribution is 5.22. The Hall–Kier alpha value is -1.03. The van der Waals surface area contributed by atoms with E-state index < -0.39 is 6.43 Å². The number of pyridine rings is 1. The molecule has 2 nitrogen and oxygen atoms in total. The lowest BCUT2D eigenvalue weighted by atomic mass is 10.2. The lowest BCUT2D eigenvalue weighted by Crippen LogP contribution is -2.02. The molecular formula is C8H10F2N2. The van der Waals surface area contributed by atoms with E-state index in [4.69, 9.17) is 5.73 Å². The standard InChI is InChI=1S/C8H10F2N2/c1-5-7(8(9)10)3-2-6(4-11)12-5/h2-3,8H,4,11H2,1H3. The predicted octanol–water partition coefficient (Wildman–Crippen LogP) is 1.79. The molecule has 0 radical (unpaired) electrons. The van der Waals surface area contributed by atoms with Crippen LogP contribution in [0.25, 0.3) is 0 Å². The molecule has 1 aromatic heterocycles. The van der Waals surface area contributed by atoms with Crippen LogP contribution in [-0.4, -0.2) is 4.98 Å². The van der Waals surface area contributed by atoms with Crippen molar-refractivity contribution in [1.29, 1.82) is 0 Å². The summed E-state index contributed by atoms with van der Waals surface area (Å²) in [5.41, 5.74) is 6.26. The molecule has 0 unspecified atom stereocenters. The van der Waals surface area contributed by atoms with Gasteiger partial charge >= 0.3 is 0 Å². The van der Waals surface area contributed by atoms with Gasteiger partial charge in [0.2, 0.25) is 0 Å². The van der Waals surface area contributed by atoms with Gasteiger partial charge in [-0.3, -0.25) is 4.98 Å². The van der Waals surface area contributed by atoms with Gasteiger partial charge < -0.3 is 5.73 Å². The quantitative estimate of drug-likeness (QED) is 0.738. The fourth-order valence-corrected chi connectivity index (χ4v) is 0.968. The lowest BCUT2D eigenvalue weighted by molar-refractivity contribution is 0.150. The van der Waals surface area contributed by atoms with E-state index in [0.717, 1.165) is 0 Å². The monoisotopic (exact) mass is 172 g/mol. The Balaban J connectivity index is 3.03. The van der Waals surface area contributed by atoms with Gasteiger partial charge in [-0.25, -0.2) is 8.78 Å². The molecule has 2 N–H and O–H groups in total. The number of hydrogen-bond donors (Lipinski definition) is 1. The average molecular weight is 172 g/mol. The largest absolute Gasteiger partial charge is 0.325 e. The first-order valence-electron chi connectivity index (χ1n) is 3.59. The van der Waals surface area contributed by atoms with Crippen molar-refractivity contribution in [2.24, 2.45) is 5.73 Å². The van der Waals surface area contributed by atoms with Crippen LogP contribution >= 0.6 is 0 Å². The van der Waals surface area contributed by atoms with Gasteiger partial charge in [-0.2, -0.15) is 0 Å². The zero-order valence-electron chi connectivity index (χ0n) is 6.72. The van der Waals surface area contributed by atoms with E-state index in [0.29, 0.717) is 11.4 Å². The zero-order chi connectivity index (χ0) is 9.14. The van der Waals surface area contributed by atoms with Crippen molar-refractivity contribution in [3.8, 4) is 0 Å². The van der Waals surface area contributed by atoms with Gasteiger partial charge in [0.05, 0.1) is 5.69 Å². The van der Waals surface area contributed by atoms with Crippen LogP contribution in [0.3, 0.4) is 0 Å². The van der Waals surface area contributed by atoms with Crippen LogP contribution in [0.15, 0.2) is 12.1 Å². The van der Waals surface area contributed by atoms with Gasteiger partial charge in [0.25, 0.3) is 6.43 Å². The first-order chi connectivity index (χ1) is 5.65. The molecule has 0 aliphatic rings. The summed E-state index contributed by atoms with van der Waals surface area (Å²) in [6.45, 7) is 1.84. The number of aromatic nitrogens is 1. The summed E-state index contributed by atoms with van der Waals surface area (Å²) < 4.78 is 24.4. The summed E-state index contributed by atoms with van der Waals surface area (Å²) in [5, 5.41) is 0. The van der Waals surface area contributed by atoms with Crippen molar-refractivity contribution >= 4 is 0 Å². The van der Waals surface area contributed by atoms with Crippen molar-refractivity contribution in [3.63, 3.8) is 0 Å². The minimum absolute atomic E-state index is 0.0211. The summed E-state index contributed by atoms with van der Waals surface area (Å²) in [5.74, 6) is 0. The maximum absolute atomic E-state index is 12.2. The van der Waals surface area contributed by atoms with Gasteiger partial charge in [0.15, 0.2) is 0 Å². The van der Waals surface area contributed by atoms with E-state index in [1.54, 1.807) is 6.92 Å². The minimum Gasteiger partial charge on any atom is -0.325 e. The molecule has 0 spiro atoms. The van der Waals surface area contributed by atoms with Crippen LogP contribution in [0.4, 0.5) is 8.78 Å². The van der Waals surface area contributed by atoms with Crippen LogP contribution in [0.1, 0.15) is 23.4 Å². The van der Waals surface area contributed by atoms with E-state index in [1.165, 1.54) is 12.1 Å². The fraction of sp³-hybridized carbons (Fsp3) is 0.375. The molecule has 0 atom stereocenters. The number of nitrogens with two attached hydrogens (primary N) is 1. The number of halogens is 2. The average Bonchev–Trinajstić information content (AvgIpc) is 2.03. The Morgan fingerprint density at radius 2 is 2.17 bits per heavy atom. The Kier molecular flexibility index (Phi) is 2.70. The molecule has 12 heavy (non-hydrogen) atoms. The third-order valence-corrected chi connectivity index (χ3v) is 1.63. The predicted molar refractivity (Wildman–Crippen MR) is 41.8 cm³/mol. The smallest absolute Gasteiger partial charge is 0.265 e. The highest BCUT2D eigenvalue weighted by Gasteiger charge is 2.10. The summed E-state index contributed by atoms with van der Waals surface area (Å²) in [4.78, 5) is 3.91. The Morgan fingerprint density at radius 1 is 1.50 bits per heavy atom. The number of rotatable bonds is 2. The second-order valence-corrected chi connectivity index (χ2v) is 2.48. The van der Waals surface area contributed by atoms with Gasteiger partial charge in [-0.05, 0) is 19.1 Å². The number of nitrogens with zero attached hydrogens (tertiary/aromatic N) is 1. The Bertz CT molecular complexity index is 274. The molecular weight excluding hydrogens is 162 g/mol. The molecule has 0 saturated carbocycles. The molecule has 1 heterocycles. The second kappa shape index (κ2) is 3.58. The highest BCUT2D eigenvalue weighted by atomic mass is 19.3. The second-order valence-electron chi connectivity index (χ2n) is 2.48. The molecule has 4 heteroatoms. The maximum atomic E-state index is 12.2. The summed E-state index contributed by atoms with van der Waals surface area (Å²) >= 11 is 0. The lowest BCUT2D eigenvalue weighted by Gasteiger charge is -2.04. The van der Waals surface area contributed by atoms with E-state index in [2.05, 4.69) is 4.98 Å². The SMILES string of the molecule is Cc1nc(CN)ccc1C(F)F. The molecule has 0 aliphatic carbocycles. The summed E-state index contributed by atoms with van der Waals surface area (Å²) in [7, 11) is 0. The molecule has 0 fully saturated rings. The van der Waals surface area contributed by atoms with Crippen LogP contribution < -0.4 is 5.73 Å². The molecule has 0 amide bonds. The van der Waals surface area contributed by atoms with Crippen molar-refractivity contribution in [2.45, 2.75) is 19.9 Å². The van der Waals surface area contributed by atoms with Crippen LogP contribution in [-0.2, 0) is 6.54 Å². The van der Waals surface area contributed by atoms with E-state index in [9.17, 15) is 8.78 Å². The van der Waals surface area contributed by atoms with Gasteiger partial charge in [-0.15, -0.1) is 0 Å². The van der Waals surface area contributed by atoms with Gasteiger partial charge in [0.1, 0.15) is 0 Å². The summed E-state index contributed by atoms with van der Waals surface area (Å²) in [6, 6.07) is 2.89. The molecule has 66 valence electrons. The molecule has 1 rings (SSSR count). The van der Waals surface area contributed by atoms with E-state index in [-0.39, 0.29) is 12.1 Å². The first kappa shape index (κ1) is 9.06. The third kappa shape index (κ3) is 1.76. The first-order valence-corrected chi connectivity index (χ1v) is 3.59. The topological polar surface area (TPSA) is 38.9 Å².